The molecule has 0 saturated carbocycles. The van der Waals surface area contributed by atoms with Gasteiger partial charge in [-0.1, -0.05) is 23.2 Å². The third-order valence-corrected chi connectivity index (χ3v) is 6.50. The summed E-state index contributed by atoms with van der Waals surface area (Å²) < 4.78 is 26.8. The smallest absolute Gasteiger partial charge is 0.258 e. The van der Waals surface area contributed by atoms with E-state index in [0.717, 1.165) is 0 Å². The molecule has 0 atom stereocenters. The molecule has 2 aromatic rings. The maximum absolute atomic E-state index is 12.5. The van der Waals surface area contributed by atoms with Gasteiger partial charge in [-0.15, -0.1) is 15.7 Å². The van der Waals surface area contributed by atoms with Crippen molar-refractivity contribution in [3.05, 3.63) is 57.5 Å². The first kappa shape index (κ1) is 19.1. The molecule has 0 aliphatic carbocycles. The Labute approximate surface area is 175 Å². The summed E-state index contributed by atoms with van der Waals surface area (Å²) in [6.07, 6.45) is 4.60. The molecule has 28 heavy (non-hydrogen) atoms. The van der Waals surface area contributed by atoms with Crippen molar-refractivity contribution in [2.24, 2.45) is 4.40 Å². The Kier molecular flexibility index (Phi) is 5.00. The fourth-order valence-electron chi connectivity index (χ4n) is 2.65. The second-order valence-corrected chi connectivity index (χ2v) is 9.42. The van der Waals surface area contributed by atoms with Crippen LogP contribution in [0.4, 0.5) is 5.13 Å². The molecule has 0 saturated heterocycles. The Bertz CT molecular complexity index is 1170. The quantitative estimate of drug-likeness (QED) is 0.765. The minimum absolute atomic E-state index is 0.0913. The first-order chi connectivity index (χ1) is 13.3. The molecule has 1 aromatic carbocycles. The van der Waals surface area contributed by atoms with Crippen LogP contribution in [0.5, 0.6) is 0 Å². The van der Waals surface area contributed by atoms with Crippen molar-refractivity contribution >= 4 is 61.4 Å². The van der Waals surface area contributed by atoms with Gasteiger partial charge in [-0.2, -0.15) is 0 Å². The average Bonchev–Trinajstić information content (AvgIpc) is 3.10. The number of halogens is 2. The van der Waals surface area contributed by atoms with Gasteiger partial charge >= 0.3 is 0 Å². The number of thiazole rings is 1. The van der Waals surface area contributed by atoms with E-state index in [1.807, 2.05) is 0 Å². The highest BCUT2D eigenvalue weighted by atomic mass is 35.5. The Morgan fingerprint density at radius 2 is 2.07 bits per heavy atom. The predicted molar refractivity (Wildman–Crippen MR) is 111 cm³/mol. The number of sulfonamides is 1. The number of rotatable bonds is 3. The number of aromatic nitrogens is 1. The van der Waals surface area contributed by atoms with E-state index in [1.54, 1.807) is 34.7 Å². The average molecular weight is 455 g/mol. The number of anilines is 1. The number of nitrogens with zero attached hydrogens (tertiary/aromatic N) is 3. The van der Waals surface area contributed by atoms with E-state index >= 15 is 0 Å². The SMILES string of the molecule is O=C(Nc1nc(-c2cc(Cl)ccc2Cl)cs1)C1=CN2CCS(=O)(=O)N=C2C=C1. The molecule has 7 nitrogen and oxygen atoms in total. The summed E-state index contributed by atoms with van der Waals surface area (Å²) in [5, 5.41) is 5.97. The van der Waals surface area contributed by atoms with E-state index in [0.29, 0.717) is 37.8 Å². The van der Waals surface area contributed by atoms with E-state index < -0.39 is 10.0 Å². The lowest BCUT2D eigenvalue weighted by atomic mass is 10.2. The first-order valence-electron chi connectivity index (χ1n) is 8.02. The Balaban J connectivity index is 1.51. The summed E-state index contributed by atoms with van der Waals surface area (Å²) >= 11 is 13.5. The van der Waals surface area contributed by atoms with Crippen molar-refractivity contribution in [3.63, 3.8) is 0 Å². The molecule has 0 bridgehead atoms. The van der Waals surface area contributed by atoms with Crippen LogP contribution in [0, 0.1) is 0 Å². The number of carbonyl (C=O) groups excluding carboxylic acids is 1. The van der Waals surface area contributed by atoms with Gasteiger partial charge in [0.05, 0.1) is 22.0 Å². The molecule has 3 heterocycles. The lowest BCUT2D eigenvalue weighted by Crippen LogP contribution is -2.37. The van der Waals surface area contributed by atoms with Crippen molar-refractivity contribution in [2.45, 2.75) is 0 Å². The molecule has 144 valence electrons. The molecular formula is C17H12Cl2N4O3S2. The van der Waals surface area contributed by atoms with Crippen LogP contribution in [0.1, 0.15) is 0 Å². The number of hydrogen-bond acceptors (Lipinski definition) is 6. The van der Waals surface area contributed by atoms with Gasteiger partial charge in [0.2, 0.25) is 0 Å². The molecule has 1 amide bonds. The minimum Gasteiger partial charge on any atom is -0.330 e. The Morgan fingerprint density at radius 3 is 2.89 bits per heavy atom. The number of nitrogens with one attached hydrogen (secondary N) is 1. The summed E-state index contributed by atoms with van der Waals surface area (Å²) in [6, 6.07) is 5.09. The van der Waals surface area contributed by atoms with Gasteiger partial charge in [0.25, 0.3) is 15.9 Å². The van der Waals surface area contributed by atoms with Crippen LogP contribution < -0.4 is 5.32 Å². The van der Waals surface area contributed by atoms with Crippen LogP contribution in [0.2, 0.25) is 10.0 Å². The number of amides is 1. The summed E-state index contributed by atoms with van der Waals surface area (Å²) in [6.45, 7) is 0.247. The van der Waals surface area contributed by atoms with Gasteiger partial charge in [-0.3, -0.25) is 10.1 Å². The van der Waals surface area contributed by atoms with Gasteiger partial charge in [-0.05, 0) is 30.4 Å². The molecule has 1 aromatic heterocycles. The highest BCUT2D eigenvalue weighted by Gasteiger charge is 2.25. The fourth-order valence-corrected chi connectivity index (χ4v) is 4.71. The number of carbonyl (C=O) groups is 1. The highest BCUT2D eigenvalue weighted by molar-refractivity contribution is 7.90. The Morgan fingerprint density at radius 1 is 1.25 bits per heavy atom. The third-order valence-electron chi connectivity index (χ3n) is 4.02. The minimum atomic E-state index is -3.43. The van der Waals surface area contributed by atoms with Gasteiger partial charge in [0.15, 0.2) is 5.13 Å². The summed E-state index contributed by atoms with van der Waals surface area (Å²) in [5.74, 6) is -0.150. The second kappa shape index (κ2) is 7.32. The first-order valence-corrected chi connectivity index (χ1v) is 11.3. The molecule has 4 rings (SSSR count). The topological polar surface area (TPSA) is 91.7 Å². The summed E-state index contributed by atoms with van der Waals surface area (Å²) in [5.41, 5.74) is 1.66. The van der Waals surface area contributed by atoms with Crippen LogP contribution in [0.3, 0.4) is 0 Å². The van der Waals surface area contributed by atoms with Gasteiger partial charge in [0.1, 0.15) is 5.84 Å². The maximum atomic E-state index is 12.5. The lowest BCUT2D eigenvalue weighted by Gasteiger charge is -2.26. The van der Waals surface area contributed by atoms with E-state index in [9.17, 15) is 13.2 Å². The molecule has 2 aliphatic heterocycles. The molecule has 0 fully saturated rings. The Hall–Kier alpha value is -2.20. The zero-order valence-corrected chi connectivity index (χ0v) is 17.2. The fraction of sp³-hybridized carbons (Fsp3) is 0.118. The van der Waals surface area contributed by atoms with Crippen molar-refractivity contribution in [3.8, 4) is 11.3 Å². The normalized spacial score (nSPS) is 17.6. The monoisotopic (exact) mass is 454 g/mol. The van der Waals surface area contributed by atoms with Crippen LogP contribution in [0.25, 0.3) is 11.3 Å². The van der Waals surface area contributed by atoms with Crippen molar-refractivity contribution in [1.82, 2.24) is 9.88 Å². The highest BCUT2D eigenvalue weighted by Crippen LogP contribution is 2.32. The summed E-state index contributed by atoms with van der Waals surface area (Å²) in [4.78, 5) is 18.6. The van der Waals surface area contributed by atoms with Crippen molar-refractivity contribution < 1.29 is 13.2 Å². The zero-order valence-electron chi connectivity index (χ0n) is 14.1. The van der Waals surface area contributed by atoms with Crippen LogP contribution in [-0.4, -0.2) is 42.3 Å². The number of hydrogen-bond donors (Lipinski definition) is 1. The van der Waals surface area contributed by atoms with Crippen LogP contribution in [0.15, 0.2) is 51.9 Å². The van der Waals surface area contributed by atoms with Gasteiger partial charge in [0, 0.05) is 28.7 Å². The lowest BCUT2D eigenvalue weighted by molar-refractivity contribution is -0.112. The molecule has 0 spiro atoms. The number of benzene rings is 1. The van der Waals surface area contributed by atoms with E-state index in [1.165, 1.54) is 23.5 Å². The molecule has 1 N–H and O–H groups in total. The van der Waals surface area contributed by atoms with Gasteiger partial charge < -0.3 is 4.90 Å². The predicted octanol–water partition coefficient (Wildman–Crippen LogP) is 3.55. The van der Waals surface area contributed by atoms with Crippen LogP contribution >= 0.6 is 34.5 Å². The molecule has 2 aliphatic rings. The molecule has 0 unspecified atom stereocenters. The van der Waals surface area contributed by atoms with E-state index in [-0.39, 0.29) is 18.2 Å². The standard InChI is InChI=1S/C17H12Cl2N4O3S2/c18-11-2-3-13(19)12(7-11)14-9-27-17(20-14)21-16(24)10-1-4-15-22-28(25,26)6-5-23(15)8-10/h1-4,7-9H,5-6H2,(H,20,21,24). The van der Waals surface area contributed by atoms with E-state index in [4.69, 9.17) is 23.2 Å². The van der Waals surface area contributed by atoms with Crippen molar-refractivity contribution in [2.75, 3.05) is 17.6 Å². The zero-order chi connectivity index (χ0) is 19.9. The number of amidine groups is 1. The summed E-state index contributed by atoms with van der Waals surface area (Å²) in [7, 11) is -3.43. The maximum Gasteiger partial charge on any atom is 0.258 e. The largest absolute Gasteiger partial charge is 0.330 e. The van der Waals surface area contributed by atoms with Gasteiger partial charge in [-0.25, -0.2) is 13.4 Å². The third kappa shape index (κ3) is 3.97. The molecular weight excluding hydrogens is 443 g/mol. The molecule has 0 radical (unpaired) electrons. The number of fused-ring (bicyclic) bond motifs is 1. The second-order valence-electron chi connectivity index (χ2n) is 5.96. The van der Waals surface area contributed by atoms with E-state index in [2.05, 4.69) is 14.7 Å². The van der Waals surface area contributed by atoms with Crippen LogP contribution in [-0.2, 0) is 14.8 Å². The molecule has 11 heteroatoms. The van der Waals surface area contributed by atoms with Crippen molar-refractivity contribution in [1.29, 1.82) is 0 Å².